The highest BCUT2D eigenvalue weighted by Gasteiger charge is 2.56. The number of halogens is 3. The van der Waals surface area contributed by atoms with Gasteiger partial charge in [-0.25, -0.2) is 4.79 Å². The number of fused-ring (bicyclic) bond motifs is 3. The van der Waals surface area contributed by atoms with Crippen LogP contribution in [0.5, 0.6) is 11.5 Å². The minimum atomic E-state index is -5.97. The minimum absolute atomic E-state index is 0.0411. The molecule has 1 saturated carbocycles. The van der Waals surface area contributed by atoms with Crippen LogP contribution in [0.1, 0.15) is 24.3 Å². The lowest BCUT2D eigenvalue weighted by molar-refractivity contribution is -0.0544. The summed E-state index contributed by atoms with van der Waals surface area (Å²) in [7, 11) is -4.53. The van der Waals surface area contributed by atoms with Crippen molar-refractivity contribution in [2.75, 3.05) is 20.5 Å². The molecule has 1 saturated heterocycles. The van der Waals surface area contributed by atoms with Gasteiger partial charge < -0.3 is 27.9 Å². The van der Waals surface area contributed by atoms with Crippen LogP contribution in [0.3, 0.4) is 0 Å². The molecule has 164 valence electrons. The Labute approximate surface area is 168 Å². The zero-order valence-corrected chi connectivity index (χ0v) is 16.2. The van der Waals surface area contributed by atoms with Gasteiger partial charge in [-0.05, 0) is 18.2 Å². The van der Waals surface area contributed by atoms with E-state index in [1.807, 2.05) is 0 Å². The fraction of sp³-hybridized carbons (Fsp3) is 0.471. The summed E-state index contributed by atoms with van der Waals surface area (Å²) < 4.78 is 91.6. The highest BCUT2D eigenvalue weighted by Crippen LogP contribution is 2.55. The smallest absolute Gasteiger partial charge is 0.468 e. The van der Waals surface area contributed by atoms with E-state index in [9.17, 15) is 26.4 Å². The predicted molar refractivity (Wildman–Crippen MR) is 89.8 cm³/mol. The largest absolute Gasteiger partial charge is 0.534 e. The summed E-state index contributed by atoms with van der Waals surface area (Å²) in [4.78, 5) is 11.5. The van der Waals surface area contributed by atoms with Gasteiger partial charge in [0.2, 0.25) is 0 Å². The van der Waals surface area contributed by atoms with E-state index >= 15 is 0 Å². The number of carbonyl (C=O) groups excluding carboxylic acids is 1. The number of rotatable bonds is 5. The SMILES string of the molecule is COCOc1ccc2c(c1)[C@H]1C[C@@]3(COC(=O)O3)CC1=C(OS(=O)(=O)C(F)(F)F)O2. The van der Waals surface area contributed by atoms with Crippen molar-refractivity contribution < 1.29 is 54.3 Å². The fourth-order valence-corrected chi connectivity index (χ4v) is 4.09. The Balaban J connectivity index is 1.75. The second-order valence-corrected chi connectivity index (χ2v) is 8.44. The molecule has 3 aliphatic rings. The maximum absolute atomic E-state index is 12.8. The average molecular weight is 452 g/mol. The first-order valence-electron chi connectivity index (χ1n) is 8.57. The van der Waals surface area contributed by atoms with Crippen LogP contribution in [0.15, 0.2) is 29.7 Å². The summed E-state index contributed by atoms with van der Waals surface area (Å²) in [5.41, 5.74) is -6.19. The van der Waals surface area contributed by atoms with Crippen LogP contribution < -0.4 is 9.47 Å². The van der Waals surface area contributed by atoms with E-state index in [1.165, 1.54) is 19.2 Å². The van der Waals surface area contributed by atoms with Gasteiger partial charge in [-0.3, -0.25) is 0 Å². The van der Waals surface area contributed by atoms with Crippen LogP contribution in [0, 0.1) is 0 Å². The quantitative estimate of drug-likeness (QED) is 0.288. The van der Waals surface area contributed by atoms with Crippen LogP contribution in [-0.2, 0) is 28.5 Å². The van der Waals surface area contributed by atoms with Crippen LogP contribution in [-0.4, -0.2) is 46.2 Å². The Kier molecular flexibility index (Phi) is 4.77. The molecule has 1 spiro atoms. The van der Waals surface area contributed by atoms with Crippen molar-refractivity contribution in [2.24, 2.45) is 0 Å². The molecular formula is C17H15F3O9S. The van der Waals surface area contributed by atoms with E-state index in [-0.39, 0.29) is 37.6 Å². The number of cyclic esters (lactones) is 1. The first-order valence-corrected chi connectivity index (χ1v) is 9.97. The molecule has 30 heavy (non-hydrogen) atoms. The van der Waals surface area contributed by atoms with Crippen molar-refractivity contribution in [1.82, 2.24) is 0 Å². The lowest BCUT2D eigenvalue weighted by Crippen LogP contribution is -2.28. The Morgan fingerprint density at radius 1 is 1.30 bits per heavy atom. The third-order valence-corrected chi connectivity index (χ3v) is 5.83. The highest BCUT2D eigenvalue weighted by molar-refractivity contribution is 7.87. The van der Waals surface area contributed by atoms with E-state index in [0.29, 0.717) is 11.3 Å². The van der Waals surface area contributed by atoms with E-state index in [1.54, 1.807) is 6.07 Å². The lowest BCUT2D eigenvalue weighted by atomic mass is 9.90. The summed E-state index contributed by atoms with van der Waals surface area (Å²) in [6, 6.07) is 4.47. The van der Waals surface area contributed by atoms with Crippen LogP contribution in [0.25, 0.3) is 0 Å². The molecule has 0 bridgehead atoms. The normalized spacial score (nSPS) is 25.3. The molecule has 1 aliphatic carbocycles. The lowest BCUT2D eigenvalue weighted by Gasteiger charge is -2.26. The Morgan fingerprint density at radius 2 is 2.07 bits per heavy atom. The van der Waals surface area contributed by atoms with Crippen molar-refractivity contribution in [2.45, 2.75) is 29.9 Å². The van der Waals surface area contributed by atoms with Crippen molar-refractivity contribution in [1.29, 1.82) is 0 Å². The summed E-state index contributed by atoms with van der Waals surface area (Å²) in [6.45, 7) is -0.180. The summed E-state index contributed by atoms with van der Waals surface area (Å²) >= 11 is 0. The van der Waals surface area contributed by atoms with Crippen molar-refractivity contribution in [3.63, 3.8) is 0 Å². The first-order chi connectivity index (χ1) is 14.0. The molecule has 1 aromatic carbocycles. The highest BCUT2D eigenvalue weighted by atomic mass is 32.2. The molecule has 9 nitrogen and oxygen atoms in total. The van der Waals surface area contributed by atoms with Crippen molar-refractivity contribution in [3.05, 3.63) is 35.3 Å². The fourth-order valence-electron chi connectivity index (χ4n) is 3.66. The molecule has 0 amide bonds. The first kappa shape index (κ1) is 20.6. The van der Waals surface area contributed by atoms with E-state index in [0.717, 1.165) is 0 Å². The van der Waals surface area contributed by atoms with Gasteiger partial charge in [0.25, 0.3) is 0 Å². The topological polar surface area (TPSA) is 107 Å². The Bertz CT molecular complexity index is 1020. The maximum Gasteiger partial charge on any atom is 0.534 e. The van der Waals surface area contributed by atoms with Gasteiger partial charge in [0.05, 0.1) is 0 Å². The minimum Gasteiger partial charge on any atom is -0.468 e. The molecule has 2 fully saturated rings. The third kappa shape index (κ3) is 3.51. The van der Waals surface area contributed by atoms with E-state index in [2.05, 4.69) is 4.18 Å². The summed E-state index contributed by atoms with van der Waals surface area (Å²) in [6.07, 6.45) is -0.899. The van der Waals surface area contributed by atoms with Crippen molar-refractivity contribution in [3.8, 4) is 11.5 Å². The second-order valence-electron chi connectivity index (χ2n) is 6.91. The molecule has 0 N–H and O–H groups in total. The third-order valence-electron chi connectivity index (χ3n) is 4.90. The van der Waals surface area contributed by atoms with Crippen LogP contribution in [0.4, 0.5) is 18.0 Å². The van der Waals surface area contributed by atoms with Gasteiger partial charge >= 0.3 is 27.7 Å². The molecule has 13 heteroatoms. The zero-order valence-electron chi connectivity index (χ0n) is 15.4. The molecule has 0 unspecified atom stereocenters. The van der Waals surface area contributed by atoms with Gasteiger partial charge in [0, 0.05) is 37.0 Å². The van der Waals surface area contributed by atoms with Crippen LogP contribution >= 0.6 is 0 Å². The molecule has 2 heterocycles. The van der Waals surface area contributed by atoms with Gasteiger partial charge in [0.15, 0.2) is 12.4 Å². The summed E-state index contributed by atoms with van der Waals surface area (Å²) in [5.74, 6) is -0.974. The number of ether oxygens (including phenoxy) is 5. The molecule has 1 aromatic rings. The number of hydrogen-bond donors (Lipinski definition) is 0. The van der Waals surface area contributed by atoms with Gasteiger partial charge in [-0.2, -0.15) is 21.6 Å². The molecule has 4 rings (SSSR count). The zero-order chi connectivity index (χ0) is 21.7. The predicted octanol–water partition coefficient (Wildman–Crippen LogP) is 2.92. The number of carbonyl (C=O) groups is 1. The molecular weight excluding hydrogens is 437 g/mol. The number of benzene rings is 1. The molecule has 0 aromatic heterocycles. The van der Waals surface area contributed by atoms with Crippen molar-refractivity contribution >= 4 is 16.3 Å². The monoisotopic (exact) mass is 452 g/mol. The summed E-state index contributed by atoms with van der Waals surface area (Å²) in [5, 5.41) is 0. The molecule has 2 atom stereocenters. The maximum atomic E-state index is 12.8. The average Bonchev–Trinajstić information content (AvgIpc) is 3.21. The van der Waals surface area contributed by atoms with Gasteiger partial charge in [-0.15, -0.1) is 0 Å². The standard InChI is InChI=1S/C17H15F3O9S/c1-24-8-26-9-2-3-13-10(4-9)11-5-16(7-25-15(21)28-16)6-12(11)14(27-13)29-30(22,23)17(18,19)20/h2-4,11H,5-8H2,1H3/t11-,16+/m1/s1. The van der Waals surface area contributed by atoms with Gasteiger partial charge in [-0.1, -0.05) is 0 Å². The number of hydrogen-bond acceptors (Lipinski definition) is 9. The second kappa shape index (κ2) is 6.94. The Morgan fingerprint density at radius 3 is 2.70 bits per heavy atom. The van der Waals surface area contributed by atoms with E-state index in [4.69, 9.17) is 23.7 Å². The van der Waals surface area contributed by atoms with Gasteiger partial charge in [0.1, 0.15) is 18.1 Å². The molecule has 0 radical (unpaired) electrons. The number of methoxy groups -OCH3 is 1. The number of alkyl halides is 3. The Hall–Kier alpha value is -2.67. The van der Waals surface area contributed by atoms with Crippen LogP contribution in [0.2, 0.25) is 0 Å². The van der Waals surface area contributed by atoms with E-state index < -0.39 is 39.2 Å². The molecule has 2 aliphatic heterocycles.